The Balaban J connectivity index is 1.51. The third-order valence-electron chi connectivity index (χ3n) is 5.01. The molecule has 3 rings (SSSR count). The van der Waals surface area contributed by atoms with E-state index in [1.807, 2.05) is 54.6 Å². The SMILES string of the molecule is COc1ccc(NC(=O)N2CCCC(C(=O)CCc3ccccc3)C2)cc1. The number of methoxy groups -OCH3 is 1. The summed E-state index contributed by atoms with van der Waals surface area (Å²) in [4.78, 5) is 26.9. The molecule has 1 N–H and O–H groups in total. The van der Waals surface area contributed by atoms with Gasteiger partial charge in [-0.1, -0.05) is 30.3 Å². The van der Waals surface area contributed by atoms with Crippen LogP contribution in [-0.4, -0.2) is 36.9 Å². The van der Waals surface area contributed by atoms with Crippen LogP contribution in [-0.2, 0) is 11.2 Å². The van der Waals surface area contributed by atoms with Gasteiger partial charge in [0, 0.05) is 31.1 Å². The Bertz CT molecular complexity index is 759. The second-order valence-electron chi connectivity index (χ2n) is 6.90. The van der Waals surface area contributed by atoms with E-state index in [4.69, 9.17) is 4.74 Å². The number of ether oxygens (including phenoxy) is 1. The number of nitrogens with one attached hydrogen (secondary N) is 1. The van der Waals surface area contributed by atoms with Crippen LogP contribution in [0.2, 0.25) is 0 Å². The zero-order valence-corrected chi connectivity index (χ0v) is 15.7. The summed E-state index contributed by atoms with van der Waals surface area (Å²) < 4.78 is 5.13. The molecule has 2 aromatic carbocycles. The van der Waals surface area contributed by atoms with Crippen LogP contribution in [0.3, 0.4) is 0 Å². The zero-order valence-electron chi connectivity index (χ0n) is 15.7. The van der Waals surface area contributed by atoms with Gasteiger partial charge in [-0.3, -0.25) is 4.79 Å². The van der Waals surface area contributed by atoms with Crippen LogP contribution in [0.1, 0.15) is 24.8 Å². The van der Waals surface area contributed by atoms with Gasteiger partial charge < -0.3 is 15.0 Å². The number of piperidine rings is 1. The second-order valence-corrected chi connectivity index (χ2v) is 6.90. The van der Waals surface area contributed by atoms with Crippen molar-refractivity contribution in [2.45, 2.75) is 25.7 Å². The molecule has 0 saturated carbocycles. The maximum Gasteiger partial charge on any atom is 0.321 e. The minimum absolute atomic E-state index is 0.0657. The molecule has 2 amide bonds. The first-order valence-corrected chi connectivity index (χ1v) is 9.42. The van der Waals surface area contributed by atoms with Gasteiger partial charge in [0.15, 0.2) is 0 Å². The summed E-state index contributed by atoms with van der Waals surface area (Å²) in [6, 6.07) is 17.1. The summed E-state index contributed by atoms with van der Waals surface area (Å²) in [7, 11) is 1.61. The number of hydrogen-bond acceptors (Lipinski definition) is 3. The molecular weight excluding hydrogens is 340 g/mol. The standard InChI is InChI=1S/C22H26N2O3/c1-27-20-12-10-19(11-13-20)23-22(26)24-15-5-8-18(16-24)21(25)14-9-17-6-3-2-4-7-17/h2-4,6-7,10-13,18H,5,8-9,14-16H2,1H3,(H,23,26). The summed E-state index contributed by atoms with van der Waals surface area (Å²) >= 11 is 0. The predicted molar refractivity (Wildman–Crippen MR) is 106 cm³/mol. The molecule has 142 valence electrons. The number of rotatable bonds is 6. The van der Waals surface area contributed by atoms with E-state index in [9.17, 15) is 9.59 Å². The molecule has 0 aliphatic carbocycles. The topological polar surface area (TPSA) is 58.6 Å². The Morgan fingerprint density at radius 1 is 1.11 bits per heavy atom. The summed E-state index contributed by atoms with van der Waals surface area (Å²) in [5, 5.41) is 2.90. The highest BCUT2D eigenvalue weighted by Gasteiger charge is 2.28. The fourth-order valence-corrected chi connectivity index (χ4v) is 3.42. The van der Waals surface area contributed by atoms with Gasteiger partial charge in [0.25, 0.3) is 0 Å². The number of hydrogen-bond donors (Lipinski definition) is 1. The monoisotopic (exact) mass is 366 g/mol. The molecule has 0 bridgehead atoms. The van der Waals surface area contributed by atoms with E-state index >= 15 is 0 Å². The summed E-state index contributed by atoms with van der Waals surface area (Å²) in [5.41, 5.74) is 1.90. The maximum atomic E-state index is 12.6. The molecule has 27 heavy (non-hydrogen) atoms. The van der Waals surface area contributed by atoms with Crippen LogP contribution < -0.4 is 10.1 Å². The number of carbonyl (C=O) groups is 2. The number of likely N-dealkylation sites (tertiary alicyclic amines) is 1. The van der Waals surface area contributed by atoms with Gasteiger partial charge in [-0.25, -0.2) is 4.79 Å². The van der Waals surface area contributed by atoms with E-state index in [1.54, 1.807) is 12.0 Å². The Morgan fingerprint density at radius 3 is 2.56 bits per heavy atom. The van der Waals surface area contributed by atoms with Crippen LogP contribution in [0.4, 0.5) is 10.5 Å². The average Bonchev–Trinajstić information content (AvgIpc) is 2.73. The third kappa shape index (κ3) is 5.33. The number of nitrogens with zero attached hydrogens (tertiary/aromatic N) is 1. The maximum absolute atomic E-state index is 12.6. The number of anilines is 1. The van der Waals surface area contributed by atoms with E-state index in [-0.39, 0.29) is 17.7 Å². The number of urea groups is 1. The lowest BCUT2D eigenvalue weighted by atomic mass is 9.91. The summed E-state index contributed by atoms with van der Waals surface area (Å²) in [5.74, 6) is 0.930. The lowest BCUT2D eigenvalue weighted by Crippen LogP contribution is -2.44. The van der Waals surface area contributed by atoms with Crippen molar-refractivity contribution in [3.8, 4) is 5.75 Å². The van der Waals surface area contributed by atoms with Crippen LogP contribution >= 0.6 is 0 Å². The van der Waals surface area contributed by atoms with Gasteiger partial charge in [-0.2, -0.15) is 0 Å². The van der Waals surface area contributed by atoms with Crippen molar-refractivity contribution < 1.29 is 14.3 Å². The van der Waals surface area contributed by atoms with Gasteiger partial charge in [-0.15, -0.1) is 0 Å². The molecule has 2 aromatic rings. The first kappa shape index (κ1) is 19.0. The highest BCUT2D eigenvalue weighted by molar-refractivity contribution is 5.90. The zero-order chi connectivity index (χ0) is 19.1. The van der Waals surface area contributed by atoms with Crippen LogP contribution in [0.15, 0.2) is 54.6 Å². The minimum Gasteiger partial charge on any atom is -0.497 e. The fraction of sp³-hybridized carbons (Fsp3) is 0.364. The van der Waals surface area contributed by atoms with Crippen molar-refractivity contribution in [1.29, 1.82) is 0 Å². The van der Waals surface area contributed by atoms with E-state index in [0.717, 1.165) is 30.7 Å². The Kier molecular flexibility index (Phi) is 6.47. The molecule has 1 aliphatic rings. The molecule has 1 aliphatic heterocycles. The van der Waals surface area contributed by atoms with Gasteiger partial charge in [0.05, 0.1) is 7.11 Å². The lowest BCUT2D eigenvalue weighted by Gasteiger charge is -2.32. The number of benzene rings is 2. The predicted octanol–water partition coefficient (Wildman–Crippen LogP) is 4.14. The highest BCUT2D eigenvalue weighted by atomic mass is 16.5. The molecule has 1 unspecified atom stereocenters. The molecule has 1 atom stereocenters. The van der Waals surface area contributed by atoms with Crippen molar-refractivity contribution in [1.82, 2.24) is 4.90 Å². The van der Waals surface area contributed by atoms with Crippen LogP contribution in [0, 0.1) is 5.92 Å². The third-order valence-corrected chi connectivity index (χ3v) is 5.01. The highest BCUT2D eigenvalue weighted by Crippen LogP contribution is 2.21. The first-order chi connectivity index (χ1) is 13.2. The quantitative estimate of drug-likeness (QED) is 0.836. The van der Waals surface area contributed by atoms with Crippen molar-refractivity contribution in [3.63, 3.8) is 0 Å². The molecule has 0 radical (unpaired) electrons. The molecule has 1 saturated heterocycles. The molecule has 5 heteroatoms. The van der Waals surface area contributed by atoms with E-state index in [2.05, 4.69) is 5.32 Å². The molecule has 0 spiro atoms. The van der Waals surface area contributed by atoms with Crippen molar-refractivity contribution in [2.24, 2.45) is 5.92 Å². The fourth-order valence-electron chi connectivity index (χ4n) is 3.42. The Hall–Kier alpha value is -2.82. The van der Waals surface area contributed by atoms with Gasteiger partial charge >= 0.3 is 6.03 Å². The molecule has 0 aromatic heterocycles. The van der Waals surface area contributed by atoms with Crippen LogP contribution in [0.25, 0.3) is 0 Å². The van der Waals surface area contributed by atoms with Crippen molar-refractivity contribution in [2.75, 3.05) is 25.5 Å². The van der Waals surface area contributed by atoms with Crippen molar-refractivity contribution >= 4 is 17.5 Å². The Labute approximate surface area is 160 Å². The normalized spacial score (nSPS) is 16.6. The van der Waals surface area contributed by atoms with Crippen molar-refractivity contribution in [3.05, 3.63) is 60.2 Å². The van der Waals surface area contributed by atoms with Crippen LogP contribution in [0.5, 0.6) is 5.75 Å². The first-order valence-electron chi connectivity index (χ1n) is 9.42. The average molecular weight is 366 g/mol. The van der Waals surface area contributed by atoms with E-state index in [1.165, 1.54) is 5.56 Å². The smallest absolute Gasteiger partial charge is 0.321 e. The van der Waals surface area contributed by atoms with E-state index < -0.39 is 0 Å². The molecular formula is C22H26N2O3. The molecule has 1 heterocycles. The lowest BCUT2D eigenvalue weighted by molar-refractivity contribution is -0.124. The number of carbonyl (C=O) groups excluding carboxylic acids is 2. The summed E-state index contributed by atoms with van der Waals surface area (Å²) in [6.45, 7) is 1.18. The number of ketones is 1. The van der Waals surface area contributed by atoms with Gasteiger partial charge in [-0.05, 0) is 49.1 Å². The molecule has 1 fully saturated rings. The minimum atomic E-state index is -0.152. The Morgan fingerprint density at radius 2 is 1.85 bits per heavy atom. The molecule has 5 nitrogen and oxygen atoms in total. The largest absolute Gasteiger partial charge is 0.497 e. The second kappa shape index (κ2) is 9.21. The van der Waals surface area contributed by atoms with E-state index in [0.29, 0.717) is 19.5 Å². The number of amides is 2. The van der Waals surface area contributed by atoms with Gasteiger partial charge in [0.2, 0.25) is 0 Å². The number of aryl methyl sites for hydroxylation is 1. The van der Waals surface area contributed by atoms with Gasteiger partial charge in [0.1, 0.15) is 11.5 Å². The number of Topliss-reactive ketones (excluding diaryl/α,β-unsaturated/α-hetero) is 1. The summed E-state index contributed by atoms with van der Waals surface area (Å²) in [6.07, 6.45) is 3.01.